The van der Waals surface area contributed by atoms with Crippen LogP contribution in [0.2, 0.25) is 0 Å². The van der Waals surface area contributed by atoms with Crippen molar-refractivity contribution in [2.75, 3.05) is 32.8 Å². The van der Waals surface area contributed by atoms with Crippen molar-refractivity contribution in [3.05, 3.63) is 0 Å². The lowest BCUT2D eigenvalue weighted by molar-refractivity contribution is -0.200. The molecule has 3 atom stereocenters. The Balaban J connectivity index is 2.02. The van der Waals surface area contributed by atoms with Crippen LogP contribution in [0.25, 0.3) is 0 Å². The third kappa shape index (κ3) is 2.01. The minimum atomic E-state index is 0.288. The number of hydrogen-bond donors (Lipinski definition) is 1. The minimum absolute atomic E-state index is 0.288. The summed E-state index contributed by atoms with van der Waals surface area (Å²) < 4.78 is 5.49. The van der Waals surface area contributed by atoms with E-state index in [2.05, 4.69) is 25.7 Å². The largest absolute Gasteiger partial charge is 0.380 e. The van der Waals surface area contributed by atoms with Crippen LogP contribution in [0.5, 0.6) is 0 Å². The Hall–Kier alpha value is -0.120. The third-order valence-corrected chi connectivity index (χ3v) is 4.59. The van der Waals surface area contributed by atoms with Crippen LogP contribution in [0, 0.1) is 17.3 Å². The first-order chi connectivity index (χ1) is 7.58. The smallest absolute Gasteiger partial charge is 0.0551 e. The van der Waals surface area contributed by atoms with Crippen LogP contribution in [0.15, 0.2) is 0 Å². The molecule has 16 heavy (non-hydrogen) atoms. The van der Waals surface area contributed by atoms with Gasteiger partial charge < -0.3 is 15.4 Å². The molecule has 2 fully saturated rings. The topological polar surface area (TPSA) is 38.5 Å². The molecule has 0 aromatic heterocycles. The molecule has 3 unspecified atom stereocenters. The van der Waals surface area contributed by atoms with E-state index < -0.39 is 0 Å². The first kappa shape index (κ1) is 12.3. The summed E-state index contributed by atoms with van der Waals surface area (Å²) in [7, 11) is 0. The van der Waals surface area contributed by atoms with Gasteiger partial charge in [-0.25, -0.2) is 0 Å². The third-order valence-electron chi connectivity index (χ3n) is 4.59. The van der Waals surface area contributed by atoms with Crippen molar-refractivity contribution in [3.63, 3.8) is 0 Å². The van der Waals surface area contributed by atoms with E-state index in [0.717, 1.165) is 31.6 Å². The van der Waals surface area contributed by atoms with E-state index in [9.17, 15) is 0 Å². The zero-order valence-electron chi connectivity index (χ0n) is 10.9. The van der Waals surface area contributed by atoms with Gasteiger partial charge in [-0.15, -0.1) is 0 Å². The summed E-state index contributed by atoms with van der Waals surface area (Å²) in [6, 6.07) is 0.288. The Morgan fingerprint density at radius 1 is 1.44 bits per heavy atom. The summed E-state index contributed by atoms with van der Waals surface area (Å²) in [4.78, 5) is 2.55. The molecule has 0 saturated carbocycles. The molecular weight excluding hydrogens is 200 g/mol. The highest BCUT2D eigenvalue weighted by Crippen LogP contribution is 2.47. The van der Waals surface area contributed by atoms with E-state index in [-0.39, 0.29) is 6.04 Å². The Labute approximate surface area is 99.3 Å². The van der Waals surface area contributed by atoms with Crippen molar-refractivity contribution in [2.24, 2.45) is 23.0 Å². The molecule has 2 heterocycles. The van der Waals surface area contributed by atoms with Crippen LogP contribution in [-0.4, -0.2) is 43.8 Å². The van der Waals surface area contributed by atoms with Crippen LogP contribution in [0.4, 0.5) is 0 Å². The fraction of sp³-hybridized carbons (Fsp3) is 1.00. The first-order valence-corrected chi connectivity index (χ1v) is 6.64. The van der Waals surface area contributed by atoms with Gasteiger partial charge in [0.05, 0.1) is 13.2 Å². The number of rotatable bonds is 3. The van der Waals surface area contributed by atoms with Gasteiger partial charge in [-0.2, -0.15) is 0 Å². The fourth-order valence-electron chi connectivity index (χ4n) is 3.49. The lowest BCUT2D eigenvalue weighted by Gasteiger charge is -2.56. The van der Waals surface area contributed by atoms with Gasteiger partial charge in [0.2, 0.25) is 0 Å². The van der Waals surface area contributed by atoms with Gasteiger partial charge in [0, 0.05) is 31.1 Å². The molecule has 2 aliphatic heterocycles. The molecule has 3 nitrogen and oxygen atoms in total. The Kier molecular flexibility index (Phi) is 3.57. The van der Waals surface area contributed by atoms with Crippen molar-refractivity contribution >= 4 is 0 Å². The van der Waals surface area contributed by atoms with Gasteiger partial charge in [-0.1, -0.05) is 20.3 Å². The second kappa shape index (κ2) is 4.63. The van der Waals surface area contributed by atoms with Crippen molar-refractivity contribution in [1.82, 2.24) is 4.90 Å². The number of nitrogens with two attached hydrogens (primary N) is 1. The van der Waals surface area contributed by atoms with Gasteiger partial charge in [0.15, 0.2) is 0 Å². The zero-order valence-corrected chi connectivity index (χ0v) is 10.9. The maximum Gasteiger partial charge on any atom is 0.0551 e. The highest BCUT2D eigenvalue weighted by atomic mass is 16.5. The summed E-state index contributed by atoms with van der Waals surface area (Å²) in [6.45, 7) is 12.2. The highest BCUT2D eigenvalue weighted by Gasteiger charge is 2.51. The SMILES string of the molecule is CCC1CN(CC(C)N)CC(C)C12COC2. The van der Waals surface area contributed by atoms with E-state index in [1.807, 2.05) is 0 Å². The molecule has 2 aliphatic rings. The molecule has 94 valence electrons. The van der Waals surface area contributed by atoms with Gasteiger partial charge >= 0.3 is 0 Å². The summed E-state index contributed by atoms with van der Waals surface area (Å²) in [6.07, 6.45) is 1.27. The number of likely N-dealkylation sites (tertiary alicyclic amines) is 1. The van der Waals surface area contributed by atoms with Crippen molar-refractivity contribution in [1.29, 1.82) is 0 Å². The average Bonchev–Trinajstić information content (AvgIpc) is 2.12. The molecule has 0 radical (unpaired) electrons. The Bertz CT molecular complexity index is 238. The number of piperidine rings is 1. The second-order valence-corrected chi connectivity index (χ2v) is 5.93. The first-order valence-electron chi connectivity index (χ1n) is 6.64. The van der Waals surface area contributed by atoms with Crippen LogP contribution in [0.3, 0.4) is 0 Å². The maximum atomic E-state index is 5.90. The predicted molar refractivity (Wildman–Crippen MR) is 66.3 cm³/mol. The van der Waals surface area contributed by atoms with Gasteiger partial charge in [0.25, 0.3) is 0 Å². The van der Waals surface area contributed by atoms with Crippen LogP contribution in [-0.2, 0) is 4.74 Å². The van der Waals surface area contributed by atoms with Crippen molar-refractivity contribution < 1.29 is 4.74 Å². The fourth-order valence-corrected chi connectivity index (χ4v) is 3.49. The van der Waals surface area contributed by atoms with E-state index in [4.69, 9.17) is 10.5 Å². The van der Waals surface area contributed by atoms with Gasteiger partial charge in [-0.05, 0) is 18.8 Å². The van der Waals surface area contributed by atoms with Gasteiger partial charge in [0.1, 0.15) is 0 Å². The minimum Gasteiger partial charge on any atom is -0.380 e. The van der Waals surface area contributed by atoms with Crippen molar-refractivity contribution in [3.8, 4) is 0 Å². The predicted octanol–water partition coefficient (Wildman–Crippen LogP) is 1.33. The Morgan fingerprint density at radius 2 is 2.12 bits per heavy atom. The molecule has 0 aliphatic carbocycles. The number of nitrogens with zero attached hydrogens (tertiary/aromatic N) is 1. The summed E-state index contributed by atoms with van der Waals surface area (Å²) in [5.41, 5.74) is 6.39. The summed E-state index contributed by atoms with van der Waals surface area (Å²) in [5.74, 6) is 1.54. The van der Waals surface area contributed by atoms with E-state index in [0.29, 0.717) is 5.41 Å². The second-order valence-electron chi connectivity index (χ2n) is 5.93. The molecule has 2 saturated heterocycles. The average molecular weight is 226 g/mol. The van der Waals surface area contributed by atoms with Crippen molar-refractivity contribution in [2.45, 2.75) is 33.2 Å². The summed E-state index contributed by atoms with van der Waals surface area (Å²) in [5, 5.41) is 0. The normalized spacial score (nSPS) is 36.0. The van der Waals surface area contributed by atoms with E-state index >= 15 is 0 Å². The number of hydrogen-bond acceptors (Lipinski definition) is 3. The zero-order chi connectivity index (χ0) is 11.8. The molecule has 0 aromatic carbocycles. The summed E-state index contributed by atoms with van der Waals surface area (Å²) >= 11 is 0. The van der Waals surface area contributed by atoms with E-state index in [1.165, 1.54) is 19.5 Å². The maximum absolute atomic E-state index is 5.90. The molecular formula is C13H26N2O. The lowest BCUT2D eigenvalue weighted by Crippen LogP contribution is -2.62. The highest BCUT2D eigenvalue weighted by molar-refractivity contribution is 5.00. The molecule has 0 amide bonds. The lowest BCUT2D eigenvalue weighted by atomic mass is 9.62. The monoisotopic (exact) mass is 226 g/mol. The Morgan fingerprint density at radius 3 is 2.56 bits per heavy atom. The molecule has 3 heteroatoms. The van der Waals surface area contributed by atoms with E-state index in [1.54, 1.807) is 0 Å². The standard InChI is InChI=1S/C13H26N2O/c1-4-12-7-15(6-11(3)14)5-10(2)13(12)8-16-9-13/h10-12H,4-9,14H2,1-3H3. The molecule has 0 bridgehead atoms. The molecule has 2 N–H and O–H groups in total. The molecule has 1 spiro atoms. The molecule has 0 aromatic rings. The van der Waals surface area contributed by atoms with Crippen LogP contribution < -0.4 is 5.73 Å². The van der Waals surface area contributed by atoms with Crippen LogP contribution >= 0.6 is 0 Å². The van der Waals surface area contributed by atoms with Gasteiger partial charge in [-0.3, -0.25) is 0 Å². The number of ether oxygens (including phenoxy) is 1. The van der Waals surface area contributed by atoms with Crippen LogP contribution in [0.1, 0.15) is 27.2 Å². The molecule has 2 rings (SSSR count). The quantitative estimate of drug-likeness (QED) is 0.789.